The van der Waals surface area contributed by atoms with E-state index in [1.165, 1.54) is 12.1 Å². The average Bonchev–Trinajstić information content (AvgIpc) is 2.78. The maximum atomic E-state index is 13.1. The van der Waals surface area contributed by atoms with E-state index in [0.29, 0.717) is 17.7 Å². The minimum atomic E-state index is -0.882. The molecule has 18 heavy (non-hydrogen) atoms. The molecule has 0 saturated carbocycles. The zero-order valence-corrected chi connectivity index (χ0v) is 10.0. The van der Waals surface area contributed by atoms with Crippen molar-refractivity contribution in [3.8, 4) is 11.1 Å². The molecular formula is C12H10ClFN2O2. The maximum Gasteiger partial charge on any atom is 0.303 e. The highest BCUT2D eigenvalue weighted by Gasteiger charge is 2.11. The van der Waals surface area contributed by atoms with Crippen LogP contribution in [0, 0.1) is 5.82 Å². The number of aromatic amines is 1. The van der Waals surface area contributed by atoms with Crippen molar-refractivity contribution in [3.05, 3.63) is 40.9 Å². The van der Waals surface area contributed by atoms with Gasteiger partial charge in [0.1, 0.15) is 5.82 Å². The van der Waals surface area contributed by atoms with Crippen LogP contribution in [-0.2, 0) is 11.2 Å². The van der Waals surface area contributed by atoms with Gasteiger partial charge in [-0.2, -0.15) is 5.10 Å². The molecule has 0 aliphatic carbocycles. The number of carboxylic acid groups (broad SMARTS) is 1. The molecule has 0 aliphatic rings. The summed E-state index contributed by atoms with van der Waals surface area (Å²) in [6, 6.07) is 4.34. The highest BCUT2D eigenvalue weighted by Crippen LogP contribution is 2.27. The van der Waals surface area contributed by atoms with Gasteiger partial charge in [0.05, 0.1) is 17.6 Å². The van der Waals surface area contributed by atoms with E-state index in [1.807, 2.05) is 0 Å². The van der Waals surface area contributed by atoms with E-state index in [-0.39, 0.29) is 11.4 Å². The van der Waals surface area contributed by atoms with Crippen molar-refractivity contribution in [1.29, 1.82) is 0 Å². The molecule has 4 nitrogen and oxygen atoms in total. The minimum absolute atomic E-state index is 0.00409. The van der Waals surface area contributed by atoms with Crippen molar-refractivity contribution in [2.24, 2.45) is 0 Å². The van der Waals surface area contributed by atoms with Crippen LogP contribution < -0.4 is 0 Å². The van der Waals surface area contributed by atoms with Crippen molar-refractivity contribution in [3.63, 3.8) is 0 Å². The lowest BCUT2D eigenvalue weighted by Crippen LogP contribution is -1.99. The normalized spacial score (nSPS) is 10.6. The lowest BCUT2D eigenvalue weighted by Gasteiger charge is -2.03. The van der Waals surface area contributed by atoms with Gasteiger partial charge in [-0.15, -0.1) is 0 Å². The standard InChI is InChI=1S/C12H10ClFN2O2/c13-9-5-7(1-2-10(9)14)8-6-15-16-11(8)3-4-12(17)18/h1-2,5-6H,3-4H2,(H,15,16)(H,17,18). The molecule has 0 amide bonds. The van der Waals surface area contributed by atoms with Gasteiger partial charge in [0, 0.05) is 17.7 Å². The van der Waals surface area contributed by atoms with Crippen LogP contribution >= 0.6 is 11.6 Å². The molecule has 94 valence electrons. The van der Waals surface area contributed by atoms with E-state index in [0.717, 1.165) is 5.56 Å². The molecular weight excluding hydrogens is 259 g/mol. The van der Waals surface area contributed by atoms with Crippen LogP contribution in [0.1, 0.15) is 12.1 Å². The highest BCUT2D eigenvalue weighted by atomic mass is 35.5. The zero-order chi connectivity index (χ0) is 13.1. The van der Waals surface area contributed by atoms with E-state index in [1.54, 1.807) is 12.3 Å². The van der Waals surface area contributed by atoms with Crippen molar-refractivity contribution in [2.45, 2.75) is 12.8 Å². The molecule has 0 radical (unpaired) electrons. The summed E-state index contributed by atoms with van der Waals surface area (Å²) in [7, 11) is 0. The number of carboxylic acids is 1. The van der Waals surface area contributed by atoms with E-state index >= 15 is 0 Å². The molecule has 0 fully saturated rings. The summed E-state index contributed by atoms with van der Waals surface area (Å²) in [6.45, 7) is 0. The van der Waals surface area contributed by atoms with Crippen LogP contribution in [0.2, 0.25) is 5.02 Å². The Hall–Kier alpha value is -1.88. The summed E-state index contributed by atoms with van der Waals surface area (Å²) < 4.78 is 13.1. The summed E-state index contributed by atoms with van der Waals surface area (Å²) in [6.07, 6.45) is 1.91. The molecule has 0 bridgehead atoms. The van der Waals surface area contributed by atoms with E-state index in [9.17, 15) is 9.18 Å². The number of rotatable bonds is 4. The Morgan fingerprint density at radius 2 is 2.28 bits per heavy atom. The molecule has 0 atom stereocenters. The Morgan fingerprint density at radius 3 is 2.94 bits per heavy atom. The van der Waals surface area contributed by atoms with Crippen LogP contribution in [0.25, 0.3) is 11.1 Å². The van der Waals surface area contributed by atoms with Gasteiger partial charge in [0.25, 0.3) is 0 Å². The monoisotopic (exact) mass is 268 g/mol. The second-order valence-corrected chi connectivity index (χ2v) is 4.19. The number of halogens is 2. The van der Waals surface area contributed by atoms with Gasteiger partial charge in [-0.3, -0.25) is 9.89 Å². The summed E-state index contributed by atoms with van der Waals surface area (Å²) in [5, 5.41) is 15.3. The largest absolute Gasteiger partial charge is 0.481 e. The summed E-state index contributed by atoms with van der Waals surface area (Å²) in [4.78, 5) is 10.5. The van der Waals surface area contributed by atoms with E-state index in [4.69, 9.17) is 16.7 Å². The number of benzene rings is 1. The molecule has 2 rings (SSSR count). The number of aromatic nitrogens is 2. The quantitative estimate of drug-likeness (QED) is 0.896. The number of hydrogen-bond acceptors (Lipinski definition) is 2. The molecule has 2 N–H and O–H groups in total. The summed E-state index contributed by atoms with van der Waals surface area (Å²) in [5.41, 5.74) is 2.13. The molecule has 1 aromatic carbocycles. The SMILES string of the molecule is O=C(O)CCc1[nH]ncc1-c1ccc(F)c(Cl)c1. The highest BCUT2D eigenvalue weighted by molar-refractivity contribution is 6.31. The number of nitrogens with zero attached hydrogens (tertiary/aromatic N) is 1. The van der Waals surface area contributed by atoms with Crippen LogP contribution in [-0.4, -0.2) is 21.3 Å². The predicted molar refractivity (Wildman–Crippen MR) is 64.9 cm³/mol. The fourth-order valence-corrected chi connectivity index (χ4v) is 1.83. The number of nitrogens with one attached hydrogen (secondary N) is 1. The third kappa shape index (κ3) is 2.68. The molecule has 0 unspecified atom stereocenters. The van der Waals surface area contributed by atoms with E-state index in [2.05, 4.69) is 10.2 Å². The smallest absolute Gasteiger partial charge is 0.303 e. The van der Waals surface area contributed by atoms with Crippen molar-refractivity contribution < 1.29 is 14.3 Å². The van der Waals surface area contributed by atoms with Crippen LogP contribution in [0.15, 0.2) is 24.4 Å². The first kappa shape index (κ1) is 12.6. The Balaban J connectivity index is 2.30. The van der Waals surface area contributed by atoms with Gasteiger partial charge >= 0.3 is 5.97 Å². The molecule has 1 aromatic heterocycles. The Bertz CT molecular complexity index is 583. The fraction of sp³-hybridized carbons (Fsp3) is 0.167. The van der Waals surface area contributed by atoms with Crippen molar-refractivity contribution in [2.75, 3.05) is 0 Å². The van der Waals surface area contributed by atoms with E-state index < -0.39 is 11.8 Å². The third-order valence-electron chi connectivity index (χ3n) is 2.54. The predicted octanol–water partition coefficient (Wildman–Crippen LogP) is 2.89. The number of carbonyl (C=O) groups is 1. The topological polar surface area (TPSA) is 66.0 Å². The molecule has 2 aromatic rings. The minimum Gasteiger partial charge on any atom is -0.481 e. The summed E-state index contributed by atoms with van der Waals surface area (Å²) >= 11 is 5.71. The number of aliphatic carboxylic acids is 1. The Labute approximate surface area is 107 Å². The van der Waals surface area contributed by atoms with Crippen LogP contribution in [0.5, 0.6) is 0 Å². The molecule has 1 heterocycles. The number of aryl methyl sites for hydroxylation is 1. The third-order valence-corrected chi connectivity index (χ3v) is 2.83. The molecule has 6 heteroatoms. The molecule has 0 aliphatic heterocycles. The van der Waals surface area contributed by atoms with Crippen LogP contribution in [0.3, 0.4) is 0 Å². The van der Waals surface area contributed by atoms with Gasteiger partial charge in [-0.05, 0) is 17.7 Å². The Morgan fingerprint density at radius 1 is 1.50 bits per heavy atom. The van der Waals surface area contributed by atoms with Crippen LogP contribution in [0.4, 0.5) is 4.39 Å². The first-order valence-electron chi connectivity index (χ1n) is 5.27. The van der Waals surface area contributed by atoms with Gasteiger partial charge in [-0.25, -0.2) is 4.39 Å². The van der Waals surface area contributed by atoms with Crippen molar-refractivity contribution in [1.82, 2.24) is 10.2 Å². The van der Waals surface area contributed by atoms with Crippen molar-refractivity contribution >= 4 is 17.6 Å². The molecule has 0 saturated heterocycles. The average molecular weight is 269 g/mol. The van der Waals surface area contributed by atoms with Gasteiger partial charge in [0.2, 0.25) is 0 Å². The summed E-state index contributed by atoms with van der Waals surface area (Å²) in [5.74, 6) is -1.37. The van der Waals surface area contributed by atoms with Gasteiger partial charge in [-0.1, -0.05) is 17.7 Å². The lowest BCUT2D eigenvalue weighted by molar-refractivity contribution is -0.136. The van der Waals surface area contributed by atoms with Gasteiger partial charge < -0.3 is 5.11 Å². The first-order valence-corrected chi connectivity index (χ1v) is 5.65. The Kier molecular flexibility index (Phi) is 3.62. The van der Waals surface area contributed by atoms with Gasteiger partial charge in [0.15, 0.2) is 0 Å². The fourth-order valence-electron chi connectivity index (χ4n) is 1.65. The lowest BCUT2D eigenvalue weighted by atomic mass is 10.0. The maximum absolute atomic E-state index is 13.1. The zero-order valence-electron chi connectivity index (χ0n) is 9.28. The first-order chi connectivity index (χ1) is 8.58. The second-order valence-electron chi connectivity index (χ2n) is 3.78. The number of hydrogen-bond donors (Lipinski definition) is 2. The molecule has 0 spiro atoms. The number of H-pyrrole nitrogens is 1. The second kappa shape index (κ2) is 5.18.